The standard InChI is InChI=1S/C13H21N5OS/c1-9-5-10(2)7-17(6-9)12(19)8-20-13-14-15-16-18(13)11-3-4-11/h9-11H,3-8H2,1-2H3. The fourth-order valence-corrected chi connectivity index (χ4v) is 3.76. The van der Waals surface area contributed by atoms with Crippen LogP contribution in [0.4, 0.5) is 0 Å². The summed E-state index contributed by atoms with van der Waals surface area (Å²) in [6, 6.07) is 0.456. The van der Waals surface area contributed by atoms with Gasteiger partial charge in [0, 0.05) is 13.1 Å². The molecule has 6 nitrogen and oxygen atoms in total. The molecule has 0 spiro atoms. The zero-order valence-electron chi connectivity index (χ0n) is 12.0. The predicted molar refractivity (Wildman–Crippen MR) is 76.3 cm³/mol. The third kappa shape index (κ3) is 3.13. The molecule has 20 heavy (non-hydrogen) atoms. The lowest BCUT2D eigenvalue weighted by atomic mass is 9.92. The molecule has 1 aromatic rings. The van der Waals surface area contributed by atoms with Gasteiger partial charge in [-0.15, -0.1) is 5.10 Å². The highest BCUT2D eigenvalue weighted by Crippen LogP contribution is 2.36. The second-order valence-corrected chi connectivity index (χ2v) is 7.11. The van der Waals surface area contributed by atoms with Crippen LogP contribution in [-0.4, -0.2) is 49.9 Å². The van der Waals surface area contributed by atoms with Crippen LogP contribution in [0.2, 0.25) is 0 Å². The summed E-state index contributed by atoms with van der Waals surface area (Å²) in [5, 5.41) is 12.5. The second kappa shape index (κ2) is 5.71. The van der Waals surface area contributed by atoms with Crippen molar-refractivity contribution in [3.05, 3.63) is 0 Å². The van der Waals surface area contributed by atoms with E-state index in [4.69, 9.17) is 0 Å². The van der Waals surface area contributed by atoms with Gasteiger partial charge in [-0.1, -0.05) is 25.6 Å². The summed E-state index contributed by atoms with van der Waals surface area (Å²) >= 11 is 1.46. The topological polar surface area (TPSA) is 63.9 Å². The number of carbonyl (C=O) groups is 1. The molecule has 2 unspecified atom stereocenters. The molecule has 0 N–H and O–H groups in total. The lowest BCUT2D eigenvalue weighted by Crippen LogP contribution is -2.43. The van der Waals surface area contributed by atoms with Crippen molar-refractivity contribution >= 4 is 17.7 Å². The summed E-state index contributed by atoms with van der Waals surface area (Å²) in [6.45, 7) is 6.21. The number of aromatic nitrogens is 4. The first-order valence-electron chi connectivity index (χ1n) is 7.32. The first-order chi connectivity index (χ1) is 9.63. The predicted octanol–water partition coefficient (Wildman–Crippen LogP) is 1.60. The Morgan fingerprint density at radius 3 is 2.65 bits per heavy atom. The molecule has 2 aliphatic rings. The van der Waals surface area contributed by atoms with Crippen LogP contribution >= 0.6 is 11.8 Å². The molecule has 1 aromatic heterocycles. The number of tetrazole rings is 1. The van der Waals surface area contributed by atoms with E-state index in [9.17, 15) is 4.79 Å². The van der Waals surface area contributed by atoms with Crippen LogP contribution in [0, 0.1) is 11.8 Å². The zero-order chi connectivity index (χ0) is 14.1. The third-order valence-electron chi connectivity index (χ3n) is 3.90. The first kappa shape index (κ1) is 13.9. The van der Waals surface area contributed by atoms with E-state index in [1.54, 1.807) is 0 Å². The minimum Gasteiger partial charge on any atom is -0.341 e. The molecule has 110 valence electrons. The van der Waals surface area contributed by atoms with Crippen molar-refractivity contribution in [3.63, 3.8) is 0 Å². The first-order valence-corrected chi connectivity index (χ1v) is 8.30. The van der Waals surface area contributed by atoms with Crippen LogP contribution in [0.25, 0.3) is 0 Å². The van der Waals surface area contributed by atoms with Crippen molar-refractivity contribution in [1.29, 1.82) is 0 Å². The van der Waals surface area contributed by atoms with Gasteiger partial charge in [0.1, 0.15) is 0 Å². The van der Waals surface area contributed by atoms with Gasteiger partial charge < -0.3 is 4.90 Å². The van der Waals surface area contributed by atoms with Crippen LogP contribution in [0.3, 0.4) is 0 Å². The molecule has 2 heterocycles. The molecule has 0 aromatic carbocycles. The largest absolute Gasteiger partial charge is 0.341 e. The molecule has 3 rings (SSSR count). The lowest BCUT2D eigenvalue weighted by molar-refractivity contribution is -0.130. The van der Waals surface area contributed by atoms with Crippen molar-refractivity contribution in [3.8, 4) is 0 Å². The van der Waals surface area contributed by atoms with Gasteiger partial charge in [-0.2, -0.15) is 0 Å². The van der Waals surface area contributed by atoms with Gasteiger partial charge in [-0.25, -0.2) is 4.68 Å². The Balaban J connectivity index is 1.55. The van der Waals surface area contributed by atoms with E-state index < -0.39 is 0 Å². The van der Waals surface area contributed by atoms with Gasteiger partial charge in [0.25, 0.3) is 0 Å². The summed E-state index contributed by atoms with van der Waals surface area (Å²) in [4.78, 5) is 14.3. The van der Waals surface area contributed by atoms with Crippen LogP contribution in [0.5, 0.6) is 0 Å². The van der Waals surface area contributed by atoms with E-state index in [2.05, 4.69) is 29.4 Å². The minimum absolute atomic E-state index is 0.207. The average molecular weight is 295 g/mol. The van der Waals surface area contributed by atoms with Crippen LogP contribution in [0.15, 0.2) is 5.16 Å². The molecule has 0 radical (unpaired) electrons. The van der Waals surface area contributed by atoms with Crippen molar-refractivity contribution < 1.29 is 4.79 Å². The molecular weight excluding hydrogens is 274 g/mol. The third-order valence-corrected chi connectivity index (χ3v) is 4.82. The van der Waals surface area contributed by atoms with Gasteiger partial charge in [0.05, 0.1) is 11.8 Å². The van der Waals surface area contributed by atoms with E-state index in [-0.39, 0.29) is 5.91 Å². The Morgan fingerprint density at radius 2 is 2.00 bits per heavy atom. The smallest absolute Gasteiger partial charge is 0.233 e. The highest BCUT2D eigenvalue weighted by atomic mass is 32.2. The lowest BCUT2D eigenvalue weighted by Gasteiger charge is -2.34. The summed E-state index contributed by atoms with van der Waals surface area (Å²) in [5.74, 6) is 1.85. The van der Waals surface area contributed by atoms with E-state index in [1.807, 2.05) is 9.58 Å². The number of hydrogen-bond donors (Lipinski definition) is 0. The normalized spacial score (nSPS) is 26.8. The summed E-state index contributed by atoms with van der Waals surface area (Å²) in [5.41, 5.74) is 0. The van der Waals surface area contributed by atoms with Crippen molar-refractivity contribution in [1.82, 2.24) is 25.1 Å². The maximum Gasteiger partial charge on any atom is 0.233 e. The SMILES string of the molecule is CC1CC(C)CN(C(=O)CSc2nnnn2C2CC2)C1. The molecule has 2 fully saturated rings. The maximum absolute atomic E-state index is 12.3. The van der Waals surface area contributed by atoms with E-state index in [0.717, 1.165) is 31.1 Å². The number of nitrogens with zero attached hydrogens (tertiary/aromatic N) is 5. The quantitative estimate of drug-likeness (QED) is 0.790. The fourth-order valence-electron chi connectivity index (χ4n) is 2.91. The van der Waals surface area contributed by atoms with Gasteiger partial charge in [0.15, 0.2) is 0 Å². The number of rotatable bonds is 4. The Labute approximate surface area is 123 Å². The molecular formula is C13H21N5OS. The maximum atomic E-state index is 12.3. The van der Waals surface area contributed by atoms with Gasteiger partial charge in [-0.3, -0.25) is 4.79 Å². The van der Waals surface area contributed by atoms with E-state index in [0.29, 0.717) is 23.6 Å². The average Bonchev–Trinajstić information content (AvgIpc) is 3.14. The number of carbonyl (C=O) groups excluding carboxylic acids is 1. The molecule has 1 aliphatic carbocycles. The molecule has 7 heteroatoms. The molecule has 0 bridgehead atoms. The highest BCUT2D eigenvalue weighted by Gasteiger charge is 2.29. The zero-order valence-corrected chi connectivity index (χ0v) is 12.8. The number of amides is 1. The fraction of sp³-hybridized carbons (Fsp3) is 0.846. The minimum atomic E-state index is 0.207. The number of piperidine rings is 1. The van der Waals surface area contributed by atoms with Crippen molar-refractivity contribution in [2.24, 2.45) is 11.8 Å². The van der Waals surface area contributed by atoms with Crippen LogP contribution in [0.1, 0.15) is 39.2 Å². The molecule has 2 atom stereocenters. The van der Waals surface area contributed by atoms with Crippen LogP contribution < -0.4 is 0 Å². The van der Waals surface area contributed by atoms with E-state index >= 15 is 0 Å². The van der Waals surface area contributed by atoms with Gasteiger partial charge in [-0.05, 0) is 41.5 Å². The Kier molecular flexibility index (Phi) is 3.96. The van der Waals surface area contributed by atoms with Crippen molar-refractivity contribution in [2.45, 2.75) is 44.3 Å². The highest BCUT2D eigenvalue weighted by molar-refractivity contribution is 7.99. The number of likely N-dealkylation sites (tertiary alicyclic amines) is 1. The molecule has 1 saturated carbocycles. The Morgan fingerprint density at radius 1 is 1.30 bits per heavy atom. The summed E-state index contributed by atoms with van der Waals surface area (Å²) in [6.07, 6.45) is 3.51. The molecule has 1 aliphatic heterocycles. The van der Waals surface area contributed by atoms with Crippen molar-refractivity contribution in [2.75, 3.05) is 18.8 Å². The Bertz CT molecular complexity index is 477. The number of thioether (sulfide) groups is 1. The monoisotopic (exact) mass is 295 g/mol. The Hall–Kier alpha value is -1.11. The second-order valence-electron chi connectivity index (χ2n) is 6.17. The summed E-state index contributed by atoms with van der Waals surface area (Å²) < 4.78 is 1.86. The van der Waals surface area contributed by atoms with Crippen LogP contribution in [-0.2, 0) is 4.79 Å². The molecule has 1 saturated heterocycles. The number of hydrogen-bond acceptors (Lipinski definition) is 5. The molecule has 1 amide bonds. The van der Waals surface area contributed by atoms with E-state index in [1.165, 1.54) is 18.2 Å². The van der Waals surface area contributed by atoms with Gasteiger partial charge in [0.2, 0.25) is 11.1 Å². The summed E-state index contributed by atoms with van der Waals surface area (Å²) in [7, 11) is 0. The van der Waals surface area contributed by atoms with Gasteiger partial charge >= 0.3 is 0 Å².